The van der Waals surface area contributed by atoms with Crippen LogP contribution in [-0.2, 0) is 11.2 Å². The molecular formula is C25H25FN4O. The van der Waals surface area contributed by atoms with E-state index in [0.717, 1.165) is 30.0 Å². The number of hydrogen-bond acceptors (Lipinski definition) is 5. The highest BCUT2D eigenvalue weighted by atomic mass is 19.1. The van der Waals surface area contributed by atoms with Crippen molar-refractivity contribution in [1.82, 2.24) is 9.97 Å². The Morgan fingerprint density at radius 3 is 2.74 bits per heavy atom. The predicted molar refractivity (Wildman–Crippen MR) is 122 cm³/mol. The van der Waals surface area contributed by atoms with Gasteiger partial charge in [-0.25, -0.2) is 14.4 Å². The molecule has 6 heteroatoms. The van der Waals surface area contributed by atoms with Crippen molar-refractivity contribution in [2.45, 2.75) is 25.7 Å². The molecule has 4 rings (SSSR count). The van der Waals surface area contributed by atoms with Gasteiger partial charge >= 0.3 is 0 Å². The van der Waals surface area contributed by atoms with Gasteiger partial charge in [0.15, 0.2) is 11.6 Å². The third kappa shape index (κ3) is 5.15. The van der Waals surface area contributed by atoms with Crippen molar-refractivity contribution >= 4 is 23.1 Å². The summed E-state index contributed by atoms with van der Waals surface area (Å²) < 4.78 is 14.5. The van der Waals surface area contributed by atoms with Crippen molar-refractivity contribution in [3.63, 3.8) is 0 Å². The topological polar surface area (TPSA) is 58.1 Å². The van der Waals surface area contributed by atoms with E-state index in [1.165, 1.54) is 31.5 Å². The molecule has 31 heavy (non-hydrogen) atoms. The maximum atomic E-state index is 14.5. The van der Waals surface area contributed by atoms with Gasteiger partial charge in [0.1, 0.15) is 5.69 Å². The smallest absolute Gasteiger partial charge is 0.227 e. The van der Waals surface area contributed by atoms with Gasteiger partial charge in [0, 0.05) is 36.4 Å². The second kappa shape index (κ2) is 9.51. The van der Waals surface area contributed by atoms with Gasteiger partial charge in [-0.1, -0.05) is 30.8 Å². The van der Waals surface area contributed by atoms with Crippen LogP contribution >= 0.6 is 0 Å². The fraction of sp³-hybridized carbons (Fsp3) is 0.240. The first-order valence-corrected chi connectivity index (χ1v) is 10.5. The molecule has 3 aromatic rings. The largest absolute Gasteiger partial charge is 0.371 e. The number of hydrogen-bond donors (Lipinski definition) is 1. The van der Waals surface area contributed by atoms with Crippen molar-refractivity contribution < 1.29 is 9.18 Å². The molecule has 0 bridgehead atoms. The molecule has 0 spiro atoms. The van der Waals surface area contributed by atoms with E-state index in [1.54, 1.807) is 18.2 Å². The van der Waals surface area contributed by atoms with Crippen molar-refractivity contribution in [3.8, 4) is 11.3 Å². The molecule has 1 aromatic heterocycles. The number of carbonyl (C=O) groups is 1. The van der Waals surface area contributed by atoms with E-state index in [0.29, 0.717) is 11.5 Å². The van der Waals surface area contributed by atoms with Crippen molar-refractivity contribution in [1.29, 1.82) is 0 Å². The maximum absolute atomic E-state index is 14.5. The molecule has 1 aliphatic heterocycles. The quantitative estimate of drug-likeness (QED) is 0.529. The third-order valence-corrected chi connectivity index (χ3v) is 5.37. The summed E-state index contributed by atoms with van der Waals surface area (Å²) in [6.45, 7) is 5.62. The predicted octanol–water partition coefficient (Wildman–Crippen LogP) is 5.31. The van der Waals surface area contributed by atoms with E-state index in [1.807, 2.05) is 18.2 Å². The summed E-state index contributed by atoms with van der Waals surface area (Å²) in [5, 5.41) is 3.19. The first-order valence-electron chi connectivity index (χ1n) is 10.5. The summed E-state index contributed by atoms with van der Waals surface area (Å²) in [6, 6.07) is 15.3. The number of benzene rings is 2. The van der Waals surface area contributed by atoms with Crippen LogP contribution in [-0.4, -0.2) is 28.8 Å². The highest BCUT2D eigenvalue weighted by Crippen LogP contribution is 2.26. The molecule has 1 fully saturated rings. The maximum Gasteiger partial charge on any atom is 0.227 e. The Morgan fingerprint density at radius 2 is 1.94 bits per heavy atom. The van der Waals surface area contributed by atoms with Crippen molar-refractivity contribution in [2.75, 3.05) is 23.3 Å². The second-order valence-corrected chi connectivity index (χ2v) is 7.66. The van der Waals surface area contributed by atoms with Crippen LogP contribution in [0.4, 0.5) is 21.7 Å². The molecule has 5 nitrogen and oxygen atoms in total. The highest BCUT2D eigenvalue weighted by Gasteiger charge is 2.13. The fourth-order valence-electron chi connectivity index (χ4n) is 3.79. The first-order chi connectivity index (χ1) is 15.1. The lowest BCUT2D eigenvalue weighted by molar-refractivity contribution is -0.114. The van der Waals surface area contributed by atoms with Gasteiger partial charge in [-0.05, 0) is 55.2 Å². The van der Waals surface area contributed by atoms with Gasteiger partial charge < -0.3 is 10.2 Å². The lowest BCUT2D eigenvalue weighted by Gasteiger charge is -2.29. The van der Waals surface area contributed by atoms with Crippen LogP contribution in [0.2, 0.25) is 0 Å². The van der Waals surface area contributed by atoms with Gasteiger partial charge in [0.05, 0.1) is 6.20 Å². The lowest BCUT2D eigenvalue weighted by atomic mass is 10.0. The van der Waals surface area contributed by atoms with Gasteiger partial charge in [-0.15, -0.1) is 0 Å². The Labute approximate surface area is 181 Å². The van der Waals surface area contributed by atoms with E-state index >= 15 is 0 Å². The Bertz CT molecular complexity index is 1090. The summed E-state index contributed by atoms with van der Waals surface area (Å²) in [6.07, 6.45) is 6.37. The second-order valence-electron chi connectivity index (χ2n) is 7.66. The number of nitrogens with one attached hydrogen (secondary N) is 1. The van der Waals surface area contributed by atoms with Crippen LogP contribution in [0.1, 0.15) is 24.8 Å². The SMILES string of the molecule is C=CC(=O)Cc1cccc(-c2nc(Nc3cccc(N4CCCCC4)c3)ncc2F)c1. The van der Waals surface area contributed by atoms with E-state index in [4.69, 9.17) is 0 Å². The van der Waals surface area contributed by atoms with E-state index in [2.05, 4.69) is 38.9 Å². The minimum Gasteiger partial charge on any atom is -0.371 e. The minimum absolute atomic E-state index is 0.0868. The monoisotopic (exact) mass is 416 g/mol. The first kappa shape index (κ1) is 20.7. The summed E-state index contributed by atoms with van der Waals surface area (Å²) in [4.78, 5) is 22.6. The molecule has 158 valence electrons. The number of anilines is 3. The molecular weight excluding hydrogens is 391 g/mol. The molecule has 0 amide bonds. The van der Waals surface area contributed by atoms with E-state index < -0.39 is 5.82 Å². The van der Waals surface area contributed by atoms with Gasteiger partial charge in [0.25, 0.3) is 0 Å². The molecule has 2 aromatic carbocycles. The summed E-state index contributed by atoms with van der Waals surface area (Å²) in [5.41, 5.74) is 3.58. The lowest BCUT2D eigenvalue weighted by Crippen LogP contribution is -2.29. The molecule has 0 radical (unpaired) electrons. The number of aromatic nitrogens is 2. The number of piperidine rings is 1. The molecule has 1 N–H and O–H groups in total. The average Bonchev–Trinajstić information content (AvgIpc) is 2.81. The summed E-state index contributed by atoms with van der Waals surface area (Å²) >= 11 is 0. The zero-order valence-electron chi connectivity index (χ0n) is 17.4. The Kier molecular flexibility index (Phi) is 6.36. The molecule has 2 heterocycles. The summed E-state index contributed by atoms with van der Waals surface area (Å²) in [5.74, 6) is -0.282. The average molecular weight is 417 g/mol. The van der Waals surface area contributed by atoms with E-state index in [9.17, 15) is 9.18 Å². The van der Waals surface area contributed by atoms with Gasteiger partial charge in [-0.2, -0.15) is 0 Å². The number of ketones is 1. The van der Waals surface area contributed by atoms with Gasteiger partial charge in [0.2, 0.25) is 5.95 Å². The number of nitrogens with zero attached hydrogens (tertiary/aromatic N) is 3. The zero-order valence-corrected chi connectivity index (χ0v) is 17.4. The molecule has 1 aliphatic rings. The molecule has 1 saturated heterocycles. The Balaban J connectivity index is 1.57. The zero-order chi connectivity index (χ0) is 21.6. The molecule has 0 unspecified atom stereocenters. The summed E-state index contributed by atoms with van der Waals surface area (Å²) in [7, 11) is 0. The van der Waals surface area contributed by atoms with E-state index in [-0.39, 0.29) is 17.9 Å². The third-order valence-electron chi connectivity index (χ3n) is 5.37. The molecule has 0 atom stereocenters. The molecule has 0 saturated carbocycles. The van der Waals surface area contributed by atoms with Crippen molar-refractivity contribution in [3.05, 3.63) is 78.8 Å². The normalized spacial score (nSPS) is 13.6. The molecule has 0 aliphatic carbocycles. The van der Waals surface area contributed by atoms with Crippen LogP contribution in [0.5, 0.6) is 0 Å². The van der Waals surface area contributed by atoms with Crippen molar-refractivity contribution in [2.24, 2.45) is 0 Å². The van der Waals surface area contributed by atoms with Crippen LogP contribution in [0.25, 0.3) is 11.3 Å². The van der Waals surface area contributed by atoms with Crippen LogP contribution in [0.15, 0.2) is 67.4 Å². The number of halogens is 1. The van der Waals surface area contributed by atoms with Crippen LogP contribution in [0.3, 0.4) is 0 Å². The van der Waals surface area contributed by atoms with Crippen LogP contribution < -0.4 is 10.2 Å². The standard InChI is InChI=1S/C25H25FN4O/c1-2-22(31)15-18-8-6-9-19(14-18)24-23(26)17-27-25(29-24)28-20-10-7-11-21(16-20)30-12-4-3-5-13-30/h2,6-11,14,16-17H,1,3-5,12-13,15H2,(H,27,28,29). The number of allylic oxidation sites excluding steroid dienone is 1. The Hall–Kier alpha value is -3.54. The highest BCUT2D eigenvalue weighted by molar-refractivity contribution is 5.91. The fourth-order valence-corrected chi connectivity index (χ4v) is 3.79. The van der Waals surface area contributed by atoms with Crippen LogP contribution in [0, 0.1) is 5.82 Å². The van der Waals surface area contributed by atoms with Gasteiger partial charge in [-0.3, -0.25) is 4.79 Å². The number of carbonyl (C=O) groups excluding carboxylic acids is 1. The minimum atomic E-state index is -0.514. The number of rotatable bonds is 7. The Morgan fingerprint density at radius 1 is 1.13 bits per heavy atom.